The molecule has 1 aromatic rings. The first kappa shape index (κ1) is 11.7. The molecule has 0 amide bonds. The molecule has 2 N–H and O–H groups in total. The van der Waals surface area contributed by atoms with E-state index in [0.29, 0.717) is 5.69 Å². The van der Waals surface area contributed by atoms with Gasteiger partial charge in [0.05, 0.1) is 23.7 Å². The lowest BCUT2D eigenvalue weighted by Gasteiger charge is -2.10. The average Bonchev–Trinajstić information content (AvgIpc) is 2.16. The van der Waals surface area contributed by atoms with Crippen LogP contribution in [0.15, 0.2) is 6.07 Å². The molecule has 0 atom stereocenters. The van der Waals surface area contributed by atoms with E-state index < -0.39 is 6.43 Å². The third-order valence-electron chi connectivity index (χ3n) is 1.85. The van der Waals surface area contributed by atoms with E-state index in [2.05, 4.69) is 4.98 Å². The van der Waals surface area contributed by atoms with Crippen LogP contribution < -0.4 is 5.73 Å². The van der Waals surface area contributed by atoms with Crippen molar-refractivity contribution in [1.82, 2.24) is 4.98 Å². The molecule has 15 heavy (non-hydrogen) atoms. The molecule has 0 unspecified atom stereocenters. The van der Waals surface area contributed by atoms with Crippen LogP contribution in [0.4, 0.5) is 14.6 Å². The Hall–Kier alpha value is -1.41. The van der Waals surface area contributed by atoms with Crippen molar-refractivity contribution in [1.29, 1.82) is 5.26 Å². The van der Waals surface area contributed by atoms with Crippen LogP contribution in [0.2, 0.25) is 0 Å². The number of rotatable bonds is 3. The summed E-state index contributed by atoms with van der Waals surface area (Å²) in [6.07, 6.45) is -2.68. The second-order valence-corrected chi connectivity index (χ2v) is 3.11. The highest BCUT2D eigenvalue weighted by Crippen LogP contribution is 2.29. The maximum atomic E-state index is 12.5. The number of nitrogens with zero attached hydrogens (tertiary/aromatic N) is 2. The summed E-state index contributed by atoms with van der Waals surface area (Å²) < 4.78 is 25.1. The fourth-order valence-electron chi connectivity index (χ4n) is 1.22. The summed E-state index contributed by atoms with van der Waals surface area (Å²) in [6, 6.07) is 3.25. The number of nitrogen functional groups attached to an aromatic ring is 1. The lowest BCUT2D eigenvalue weighted by molar-refractivity contribution is 0.151. The average molecular weight is 232 g/mol. The Labute approximate surface area is 90.5 Å². The molecule has 0 aromatic carbocycles. The van der Waals surface area contributed by atoms with E-state index in [-0.39, 0.29) is 29.2 Å². The van der Waals surface area contributed by atoms with Crippen molar-refractivity contribution in [2.24, 2.45) is 0 Å². The van der Waals surface area contributed by atoms with Crippen molar-refractivity contribution >= 4 is 17.4 Å². The van der Waals surface area contributed by atoms with E-state index in [0.717, 1.165) is 0 Å². The normalized spacial score (nSPS) is 10.3. The lowest BCUT2D eigenvalue weighted by Crippen LogP contribution is -2.05. The number of alkyl halides is 3. The first-order chi connectivity index (χ1) is 7.10. The minimum Gasteiger partial charge on any atom is -0.383 e. The van der Waals surface area contributed by atoms with Gasteiger partial charge in [-0.25, -0.2) is 13.8 Å². The fourth-order valence-corrected chi connectivity index (χ4v) is 1.45. The van der Waals surface area contributed by atoms with Gasteiger partial charge in [-0.2, -0.15) is 5.26 Å². The zero-order valence-electron chi connectivity index (χ0n) is 7.67. The Bertz CT molecular complexity index is 401. The molecule has 1 aromatic heterocycles. The molecule has 80 valence electrons. The van der Waals surface area contributed by atoms with Gasteiger partial charge in [-0.1, -0.05) is 0 Å². The van der Waals surface area contributed by atoms with Crippen LogP contribution in [0, 0.1) is 11.3 Å². The Morgan fingerprint density at radius 2 is 2.27 bits per heavy atom. The molecule has 0 aliphatic carbocycles. The summed E-state index contributed by atoms with van der Waals surface area (Å²) in [5, 5.41) is 8.44. The lowest BCUT2D eigenvalue weighted by atomic mass is 10.1. The van der Waals surface area contributed by atoms with E-state index >= 15 is 0 Å². The SMILES string of the molecule is N#CCc1cc(CCl)c(C(F)F)c(N)n1. The van der Waals surface area contributed by atoms with Gasteiger partial charge in [0.25, 0.3) is 6.43 Å². The molecule has 1 rings (SSSR count). The Morgan fingerprint density at radius 1 is 1.60 bits per heavy atom. The molecule has 0 saturated heterocycles. The zero-order valence-corrected chi connectivity index (χ0v) is 8.43. The number of hydrogen-bond donors (Lipinski definition) is 1. The summed E-state index contributed by atoms with van der Waals surface area (Å²) in [5.41, 5.74) is 5.61. The topological polar surface area (TPSA) is 62.7 Å². The first-order valence-corrected chi connectivity index (χ1v) is 4.62. The standard InChI is InChI=1S/C9H8ClF2N3/c10-4-5-3-6(1-2-13)15-9(14)7(5)8(11)12/h3,8H,1,4H2,(H2,14,15). The highest BCUT2D eigenvalue weighted by molar-refractivity contribution is 6.17. The second-order valence-electron chi connectivity index (χ2n) is 2.84. The smallest absolute Gasteiger partial charge is 0.267 e. The van der Waals surface area contributed by atoms with Crippen LogP contribution in [0.3, 0.4) is 0 Å². The van der Waals surface area contributed by atoms with Gasteiger partial charge < -0.3 is 5.73 Å². The minimum atomic E-state index is -2.71. The highest BCUT2D eigenvalue weighted by atomic mass is 35.5. The third-order valence-corrected chi connectivity index (χ3v) is 2.14. The summed E-state index contributed by atoms with van der Waals surface area (Å²) in [7, 11) is 0. The van der Waals surface area contributed by atoms with Gasteiger partial charge >= 0.3 is 0 Å². The quantitative estimate of drug-likeness (QED) is 0.813. The van der Waals surface area contributed by atoms with E-state index in [1.54, 1.807) is 0 Å². The van der Waals surface area contributed by atoms with Crippen molar-refractivity contribution in [2.75, 3.05) is 5.73 Å². The number of halogens is 3. The molecule has 0 saturated carbocycles. The van der Waals surface area contributed by atoms with Crippen molar-refractivity contribution in [2.45, 2.75) is 18.7 Å². The van der Waals surface area contributed by atoms with Crippen molar-refractivity contribution in [3.8, 4) is 6.07 Å². The van der Waals surface area contributed by atoms with Gasteiger partial charge in [0.2, 0.25) is 0 Å². The van der Waals surface area contributed by atoms with Crippen LogP contribution in [0.1, 0.15) is 23.2 Å². The highest BCUT2D eigenvalue weighted by Gasteiger charge is 2.18. The molecular formula is C9H8ClF2N3. The summed E-state index contributed by atoms with van der Waals surface area (Å²) in [4.78, 5) is 3.71. The molecule has 3 nitrogen and oxygen atoms in total. The Balaban J connectivity index is 3.25. The molecule has 0 fully saturated rings. The van der Waals surface area contributed by atoms with E-state index in [1.807, 2.05) is 6.07 Å². The Kier molecular flexibility index (Phi) is 3.81. The van der Waals surface area contributed by atoms with Crippen molar-refractivity contribution in [3.63, 3.8) is 0 Å². The number of hydrogen-bond acceptors (Lipinski definition) is 3. The van der Waals surface area contributed by atoms with Crippen LogP contribution in [0.25, 0.3) is 0 Å². The molecule has 6 heteroatoms. The molecule has 0 spiro atoms. The van der Waals surface area contributed by atoms with Gasteiger partial charge in [0.1, 0.15) is 5.82 Å². The summed E-state index contributed by atoms with van der Waals surface area (Å²) in [6.45, 7) is 0. The first-order valence-electron chi connectivity index (χ1n) is 4.09. The molecule has 1 heterocycles. The largest absolute Gasteiger partial charge is 0.383 e. The maximum Gasteiger partial charge on any atom is 0.267 e. The van der Waals surface area contributed by atoms with Gasteiger partial charge in [0, 0.05) is 5.88 Å². The number of aromatic nitrogens is 1. The monoisotopic (exact) mass is 231 g/mol. The van der Waals surface area contributed by atoms with E-state index in [9.17, 15) is 8.78 Å². The molecular weight excluding hydrogens is 224 g/mol. The van der Waals surface area contributed by atoms with Gasteiger partial charge in [-0.15, -0.1) is 11.6 Å². The van der Waals surface area contributed by atoms with E-state index in [1.165, 1.54) is 6.07 Å². The Morgan fingerprint density at radius 3 is 2.73 bits per heavy atom. The minimum absolute atomic E-state index is 0.0254. The molecule has 0 aliphatic heterocycles. The number of pyridine rings is 1. The predicted molar refractivity (Wildman–Crippen MR) is 52.5 cm³/mol. The number of nitriles is 1. The van der Waals surface area contributed by atoms with Crippen LogP contribution in [0.5, 0.6) is 0 Å². The molecule has 0 aliphatic rings. The number of anilines is 1. The second kappa shape index (κ2) is 4.89. The van der Waals surface area contributed by atoms with Gasteiger partial charge in [-0.05, 0) is 11.6 Å². The van der Waals surface area contributed by atoms with Crippen LogP contribution in [-0.4, -0.2) is 4.98 Å². The zero-order chi connectivity index (χ0) is 11.4. The maximum absolute atomic E-state index is 12.5. The van der Waals surface area contributed by atoms with E-state index in [4.69, 9.17) is 22.6 Å². The number of nitrogens with two attached hydrogens (primary N) is 1. The molecule has 0 radical (unpaired) electrons. The van der Waals surface area contributed by atoms with Crippen LogP contribution in [-0.2, 0) is 12.3 Å². The predicted octanol–water partition coefficient (Wildman–Crippen LogP) is 2.41. The van der Waals surface area contributed by atoms with Crippen LogP contribution >= 0.6 is 11.6 Å². The third kappa shape index (κ3) is 2.54. The molecule has 0 bridgehead atoms. The van der Waals surface area contributed by atoms with Crippen molar-refractivity contribution in [3.05, 3.63) is 22.9 Å². The summed E-state index contributed by atoms with van der Waals surface area (Å²) in [5.74, 6) is -0.335. The fraction of sp³-hybridized carbons (Fsp3) is 0.333. The van der Waals surface area contributed by atoms with Gasteiger partial charge in [0.15, 0.2) is 0 Å². The van der Waals surface area contributed by atoms with Crippen molar-refractivity contribution < 1.29 is 8.78 Å². The van der Waals surface area contributed by atoms with Gasteiger partial charge in [-0.3, -0.25) is 0 Å². The summed E-state index contributed by atoms with van der Waals surface area (Å²) >= 11 is 5.52.